The number of aliphatic hydroxyl groups excluding tert-OH is 1. The number of nitrogens with zero attached hydrogens (tertiary/aromatic N) is 1. The molecular weight excluding hydrogens is 314 g/mol. The second-order valence-corrected chi connectivity index (χ2v) is 5.38. The first kappa shape index (κ1) is 17.0. The van der Waals surface area contributed by atoms with Crippen LogP contribution in [-0.2, 0) is 6.61 Å². The van der Waals surface area contributed by atoms with Crippen molar-refractivity contribution in [3.63, 3.8) is 0 Å². The number of methoxy groups -OCH3 is 1. The summed E-state index contributed by atoms with van der Waals surface area (Å²) in [6.07, 6.45) is 3.57. The zero-order valence-corrected chi connectivity index (χ0v) is 14.6. The van der Waals surface area contributed by atoms with E-state index in [9.17, 15) is 5.11 Å². The van der Waals surface area contributed by atoms with Crippen LogP contribution < -0.4 is 4.74 Å². The third kappa shape index (κ3) is 3.08. The van der Waals surface area contributed by atoms with Crippen molar-refractivity contribution in [2.45, 2.75) is 20.5 Å². The predicted octanol–water partition coefficient (Wildman–Crippen LogP) is 5.18. The van der Waals surface area contributed by atoms with E-state index in [0.29, 0.717) is 5.75 Å². The number of benzene rings is 2. The summed E-state index contributed by atoms with van der Waals surface area (Å²) in [5.41, 5.74) is 2.48. The number of ether oxygens (including phenoxy) is 1. The molecular formula is C21H21NO3. The quantitative estimate of drug-likeness (QED) is 0.561. The van der Waals surface area contributed by atoms with Gasteiger partial charge in [-0.3, -0.25) is 4.98 Å². The number of hydrogen-bond donors (Lipinski definition) is 1. The fraction of sp³-hybridized carbons (Fsp3) is 0.190. The summed E-state index contributed by atoms with van der Waals surface area (Å²) in [6.45, 7) is 3.92. The highest BCUT2D eigenvalue weighted by Gasteiger charge is 2.13. The molecule has 128 valence electrons. The van der Waals surface area contributed by atoms with Crippen molar-refractivity contribution in [1.29, 1.82) is 0 Å². The van der Waals surface area contributed by atoms with Crippen LogP contribution in [-0.4, -0.2) is 17.2 Å². The summed E-state index contributed by atoms with van der Waals surface area (Å²) in [7, 11) is 1.59. The van der Waals surface area contributed by atoms with Crippen molar-refractivity contribution in [2.24, 2.45) is 0 Å². The van der Waals surface area contributed by atoms with Gasteiger partial charge in [0.15, 0.2) is 0 Å². The molecule has 0 aliphatic rings. The van der Waals surface area contributed by atoms with E-state index in [4.69, 9.17) is 9.15 Å². The number of aromatic nitrogens is 1. The van der Waals surface area contributed by atoms with Gasteiger partial charge in [0, 0.05) is 34.3 Å². The van der Waals surface area contributed by atoms with Gasteiger partial charge < -0.3 is 14.3 Å². The Morgan fingerprint density at radius 1 is 1.04 bits per heavy atom. The third-order valence-corrected chi connectivity index (χ3v) is 4.02. The maximum absolute atomic E-state index is 9.57. The van der Waals surface area contributed by atoms with Gasteiger partial charge in [0.2, 0.25) is 0 Å². The highest BCUT2D eigenvalue weighted by molar-refractivity contribution is 5.97. The minimum absolute atomic E-state index is 0.0823. The molecule has 2 aromatic carbocycles. The molecule has 0 fully saturated rings. The highest BCUT2D eigenvalue weighted by atomic mass is 16.5. The molecule has 1 N–H and O–H groups in total. The Morgan fingerprint density at radius 2 is 1.84 bits per heavy atom. The Balaban J connectivity index is 0.000000880. The lowest BCUT2D eigenvalue weighted by atomic mass is 10.0. The van der Waals surface area contributed by atoms with Gasteiger partial charge >= 0.3 is 0 Å². The van der Waals surface area contributed by atoms with Crippen molar-refractivity contribution in [3.05, 3.63) is 60.4 Å². The van der Waals surface area contributed by atoms with E-state index in [-0.39, 0.29) is 6.61 Å². The van der Waals surface area contributed by atoms with Crippen LogP contribution in [0.5, 0.6) is 5.75 Å². The molecule has 0 amide bonds. The number of fused-ring (bicyclic) bond motifs is 2. The van der Waals surface area contributed by atoms with Crippen molar-refractivity contribution in [2.75, 3.05) is 7.11 Å². The van der Waals surface area contributed by atoms with Crippen LogP contribution in [0.25, 0.3) is 33.1 Å². The van der Waals surface area contributed by atoms with Gasteiger partial charge in [-0.25, -0.2) is 0 Å². The molecule has 0 saturated heterocycles. The number of para-hydroxylation sites is 1. The van der Waals surface area contributed by atoms with Crippen LogP contribution in [0.1, 0.15) is 19.4 Å². The molecule has 0 aliphatic heterocycles. The highest BCUT2D eigenvalue weighted by Crippen LogP contribution is 2.35. The number of rotatable bonds is 3. The number of furan rings is 1. The lowest BCUT2D eigenvalue weighted by Gasteiger charge is -2.10. The van der Waals surface area contributed by atoms with Crippen molar-refractivity contribution < 1.29 is 14.3 Å². The monoisotopic (exact) mass is 335 g/mol. The van der Waals surface area contributed by atoms with Gasteiger partial charge in [0.25, 0.3) is 0 Å². The predicted molar refractivity (Wildman–Crippen MR) is 101 cm³/mol. The van der Waals surface area contributed by atoms with E-state index in [2.05, 4.69) is 4.98 Å². The molecule has 0 atom stereocenters. The lowest BCUT2D eigenvalue weighted by Crippen LogP contribution is -1.93. The minimum atomic E-state index is -0.0823. The number of hydrogen-bond acceptors (Lipinski definition) is 4. The molecule has 0 spiro atoms. The smallest absolute Gasteiger partial charge is 0.137 e. The molecule has 0 aliphatic carbocycles. The maximum Gasteiger partial charge on any atom is 0.137 e. The second kappa shape index (κ2) is 7.36. The zero-order chi connectivity index (χ0) is 17.8. The zero-order valence-electron chi connectivity index (χ0n) is 14.6. The fourth-order valence-corrected chi connectivity index (χ4v) is 2.87. The molecule has 4 nitrogen and oxygen atoms in total. The fourth-order valence-electron chi connectivity index (χ4n) is 2.87. The Labute approximate surface area is 146 Å². The minimum Gasteiger partial charge on any atom is -0.496 e. The Morgan fingerprint density at radius 3 is 2.56 bits per heavy atom. The van der Waals surface area contributed by atoms with Gasteiger partial charge in [0.05, 0.1) is 13.7 Å². The normalized spacial score (nSPS) is 10.6. The standard InChI is InChI=1S/C19H15NO3.C2H6/c1-22-18-8-13-9-20-10-16(15(13)6-14(18)11-21)19-7-12-4-2-3-5-17(12)23-19;1-2/h2-10,21H,11H2,1H3;1-2H3. The number of aliphatic hydroxyl groups is 1. The largest absolute Gasteiger partial charge is 0.496 e. The molecule has 0 unspecified atom stereocenters. The van der Waals surface area contributed by atoms with Gasteiger partial charge in [-0.05, 0) is 29.7 Å². The molecule has 0 bridgehead atoms. The summed E-state index contributed by atoms with van der Waals surface area (Å²) in [5, 5.41) is 12.5. The summed E-state index contributed by atoms with van der Waals surface area (Å²) in [4.78, 5) is 4.31. The molecule has 25 heavy (non-hydrogen) atoms. The van der Waals surface area contributed by atoms with Gasteiger partial charge in [-0.15, -0.1) is 0 Å². The molecule has 4 rings (SSSR count). The first-order chi connectivity index (χ1) is 12.3. The van der Waals surface area contributed by atoms with Crippen LogP contribution >= 0.6 is 0 Å². The first-order valence-corrected chi connectivity index (χ1v) is 8.34. The van der Waals surface area contributed by atoms with Gasteiger partial charge in [-0.2, -0.15) is 0 Å². The summed E-state index contributed by atoms with van der Waals surface area (Å²) in [6, 6.07) is 13.7. The topological polar surface area (TPSA) is 55.5 Å². The average Bonchev–Trinajstić information content (AvgIpc) is 3.11. The summed E-state index contributed by atoms with van der Waals surface area (Å²) >= 11 is 0. The Hall–Kier alpha value is -2.85. The van der Waals surface area contributed by atoms with Crippen LogP contribution in [0, 0.1) is 0 Å². The molecule has 0 radical (unpaired) electrons. The Bertz CT molecular complexity index is 972. The first-order valence-electron chi connectivity index (χ1n) is 8.34. The molecule has 0 saturated carbocycles. The van der Waals surface area contributed by atoms with Gasteiger partial charge in [0.1, 0.15) is 17.1 Å². The van der Waals surface area contributed by atoms with Crippen LogP contribution in [0.3, 0.4) is 0 Å². The van der Waals surface area contributed by atoms with E-state index >= 15 is 0 Å². The van der Waals surface area contributed by atoms with Crippen molar-refractivity contribution in [1.82, 2.24) is 4.98 Å². The van der Waals surface area contributed by atoms with Crippen molar-refractivity contribution >= 4 is 21.7 Å². The van der Waals surface area contributed by atoms with E-state index in [0.717, 1.165) is 38.6 Å². The lowest BCUT2D eigenvalue weighted by molar-refractivity contribution is 0.274. The molecule has 4 aromatic rings. The molecule has 2 aromatic heterocycles. The van der Waals surface area contributed by atoms with Crippen LogP contribution in [0.15, 0.2) is 59.3 Å². The van der Waals surface area contributed by atoms with E-state index < -0.39 is 0 Å². The van der Waals surface area contributed by atoms with Crippen LogP contribution in [0.4, 0.5) is 0 Å². The van der Waals surface area contributed by atoms with Crippen molar-refractivity contribution in [3.8, 4) is 17.1 Å². The summed E-state index contributed by atoms with van der Waals surface area (Å²) < 4.78 is 11.3. The second-order valence-electron chi connectivity index (χ2n) is 5.38. The van der Waals surface area contributed by atoms with Gasteiger partial charge in [-0.1, -0.05) is 32.0 Å². The molecule has 2 heterocycles. The maximum atomic E-state index is 9.57. The van der Waals surface area contributed by atoms with Crippen LogP contribution in [0.2, 0.25) is 0 Å². The average molecular weight is 335 g/mol. The summed E-state index contributed by atoms with van der Waals surface area (Å²) in [5.74, 6) is 1.42. The van der Waals surface area contributed by atoms with E-state index in [1.54, 1.807) is 19.5 Å². The number of pyridine rings is 1. The third-order valence-electron chi connectivity index (χ3n) is 4.02. The molecule has 4 heteroatoms. The van der Waals surface area contributed by atoms with E-state index in [1.165, 1.54) is 0 Å². The Kier molecular flexibility index (Phi) is 5.00. The SMILES string of the molecule is CC.COc1cc2cncc(-c3cc4ccccc4o3)c2cc1CO. The van der Waals surface area contributed by atoms with E-state index in [1.807, 2.05) is 56.3 Å².